The Morgan fingerprint density at radius 3 is 2.50 bits per heavy atom. The third kappa shape index (κ3) is 5.34. The molecule has 0 aliphatic heterocycles. The number of rotatable bonds is 8. The summed E-state index contributed by atoms with van der Waals surface area (Å²) in [5, 5.41) is 7.12. The zero-order valence-corrected chi connectivity index (χ0v) is 17.0. The van der Waals surface area contributed by atoms with Crippen molar-refractivity contribution in [1.82, 2.24) is 14.9 Å². The molecule has 0 saturated heterocycles. The van der Waals surface area contributed by atoms with Crippen LogP contribution in [0.15, 0.2) is 54.6 Å². The van der Waals surface area contributed by atoms with Gasteiger partial charge >= 0.3 is 0 Å². The molecule has 1 aromatic heterocycles. The largest absolute Gasteiger partial charge is 0.495 e. The molecule has 6 nitrogen and oxygen atoms in total. The van der Waals surface area contributed by atoms with Crippen LogP contribution in [-0.4, -0.2) is 49.2 Å². The summed E-state index contributed by atoms with van der Waals surface area (Å²) in [5.41, 5.74) is 2.65. The fourth-order valence-corrected chi connectivity index (χ4v) is 2.89. The second-order valence-corrected chi connectivity index (χ2v) is 6.94. The van der Waals surface area contributed by atoms with Gasteiger partial charge < -0.3 is 20.3 Å². The van der Waals surface area contributed by atoms with Crippen LogP contribution in [0.1, 0.15) is 0 Å². The lowest BCUT2D eigenvalue weighted by molar-refractivity contribution is 0.415. The van der Waals surface area contributed by atoms with Gasteiger partial charge in [0, 0.05) is 30.4 Å². The maximum Gasteiger partial charge on any atom is 0.229 e. The first kappa shape index (κ1) is 19.9. The first-order valence-electron chi connectivity index (χ1n) is 8.99. The molecule has 0 spiro atoms. The molecular weight excluding hydrogens is 374 g/mol. The molecule has 0 fully saturated rings. The van der Waals surface area contributed by atoms with Crippen molar-refractivity contribution >= 4 is 29.1 Å². The maximum atomic E-state index is 6.23. The van der Waals surface area contributed by atoms with Gasteiger partial charge in [-0.1, -0.05) is 41.9 Å². The van der Waals surface area contributed by atoms with Crippen LogP contribution in [0.4, 0.5) is 17.5 Å². The van der Waals surface area contributed by atoms with Crippen LogP contribution in [-0.2, 0) is 0 Å². The number of aromatic nitrogens is 2. The van der Waals surface area contributed by atoms with E-state index in [1.54, 1.807) is 13.2 Å². The van der Waals surface area contributed by atoms with E-state index in [1.807, 2.05) is 62.6 Å². The van der Waals surface area contributed by atoms with Gasteiger partial charge in [0.25, 0.3) is 0 Å². The number of nitrogens with one attached hydrogen (secondary N) is 2. The summed E-state index contributed by atoms with van der Waals surface area (Å²) in [5.74, 6) is 1.88. The summed E-state index contributed by atoms with van der Waals surface area (Å²) in [6.45, 7) is 1.69. The Labute approximate surface area is 170 Å². The number of halogens is 1. The monoisotopic (exact) mass is 397 g/mol. The summed E-state index contributed by atoms with van der Waals surface area (Å²) < 4.78 is 5.20. The van der Waals surface area contributed by atoms with Gasteiger partial charge in [-0.25, -0.2) is 4.98 Å². The quantitative estimate of drug-likeness (QED) is 0.582. The fraction of sp³-hybridized carbons (Fsp3) is 0.238. The number of hydrogen-bond acceptors (Lipinski definition) is 6. The Balaban J connectivity index is 1.89. The van der Waals surface area contributed by atoms with E-state index >= 15 is 0 Å². The third-order valence-electron chi connectivity index (χ3n) is 4.07. The van der Waals surface area contributed by atoms with E-state index in [2.05, 4.69) is 25.5 Å². The Bertz CT molecular complexity index is 918. The van der Waals surface area contributed by atoms with Crippen molar-refractivity contribution in [2.45, 2.75) is 0 Å². The second kappa shape index (κ2) is 9.39. The zero-order chi connectivity index (χ0) is 19.9. The van der Waals surface area contributed by atoms with E-state index in [0.29, 0.717) is 16.7 Å². The number of likely N-dealkylation sites (N-methyl/N-ethyl adjacent to an activating group) is 1. The lowest BCUT2D eigenvalue weighted by atomic mass is 10.1. The molecule has 7 heteroatoms. The van der Waals surface area contributed by atoms with Crippen molar-refractivity contribution in [3.05, 3.63) is 59.6 Å². The van der Waals surface area contributed by atoms with Crippen LogP contribution in [0, 0.1) is 0 Å². The molecule has 0 amide bonds. The van der Waals surface area contributed by atoms with E-state index in [0.717, 1.165) is 35.9 Å². The molecule has 0 atom stereocenters. The van der Waals surface area contributed by atoms with Crippen LogP contribution >= 0.6 is 11.6 Å². The Morgan fingerprint density at radius 2 is 1.82 bits per heavy atom. The van der Waals surface area contributed by atoms with Gasteiger partial charge in [0.1, 0.15) is 11.6 Å². The summed E-state index contributed by atoms with van der Waals surface area (Å²) in [6.07, 6.45) is 0. The van der Waals surface area contributed by atoms with Crippen molar-refractivity contribution in [2.24, 2.45) is 0 Å². The molecular formula is C21H24ClN5O. The van der Waals surface area contributed by atoms with Gasteiger partial charge in [0.05, 0.1) is 17.8 Å². The third-order valence-corrected chi connectivity index (χ3v) is 4.36. The molecule has 3 aromatic rings. The molecule has 1 heterocycles. The smallest absolute Gasteiger partial charge is 0.229 e. The minimum Gasteiger partial charge on any atom is -0.495 e. The highest BCUT2D eigenvalue weighted by atomic mass is 35.5. The van der Waals surface area contributed by atoms with E-state index in [1.165, 1.54) is 0 Å². The van der Waals surface area contributed by atoms with Crippen LogP contribution in [0.5, 0.6) is 5.75 Å². The lowest BCUT2D eigenvalue weighted by Gasteiger charge is -2.14. The van der Waals surface area contributed by atoms with Crippen LogP contribution in [0.2, 0.25) is 5.02 Å². The number of nitrogens with zero attached hydrogens (tertiary/aromatic N) is 3. The summed E-state index contributed by atoms with van der Waals surface area (Å²) in [7, 11) is 5.67. The number of ether oxygens (including phenoxy) is 1. The number of hydrogen-bond donors (Lipinski definition) is 2. The first-order chi connectivity index (χ1) is 13.5. The average Bonchev–Trinajstić information content (AvgIpc) is 2.68. The van der Waals surface area contributed by atoms with Gasteiger partial charge in [-0.05, 0) is 32.3 Å². The highest BCUT2D eigenvalue weighted by Gasteiger charge is 2.09. The number of benzene rings is 2. The minimum absolute atomic E-state index is 0.495. The molecule has 146 valence electrons. The predicted molar refractivity (Wildman–Crippen MR) is 116 cm³/mol. The zero-order valence-electron chi connectivity index (χ0n) is 16.2. The van der Waals surface area contributed by atoms with Crippen LogP contribution in [0.3, 0.4) is 0 Å². The molecule has 0 aliphatic rings. The lowest BCUT2D eigenvalue weighted by Crippen LogP contribution is -2.21. The van der Waals surface area contributed by atoms with Crippen molar-refractivity contribution < 1.29 is 4.74 Å². The number of anilines is 3. The van der Waals surface area contributed by atoms with Gasteiger partial charge in [-0.15, -0.1) is 0 Å². The van der Waals surface area contributed by atoms with E-state index in [-0.39, 0.29) is 0 Å². The van der Waals surface area contributed by atoms with E-state index < -0.39 is 0 Å². The standard InChI is InChI=1S/C21H24ClN5O/c1-27(2)12-11-23-20-14-18(15-7-5-4-6-8-15)25-21(26-20)24-16-9-10-19(28-3)17(22)13-16/h4-10,13-14H,11-12H2,1-3H3,(H2,23,24,25,26). The topological polar surface area (TPSA) is 62.3 Å². The van der Waals surface area contributed by atoms with Crippen molar-refractivity contribution in [3.8, 4) is 17.0 Å². The summed E-state index contributed by atoms with van der Waals surface area (Å²) in [4.78, 5) is 11.4. The Hall–Kier alpha value is -2.83. The van der Waals surface area contributed by atoms with Crippen LogP contribution < -0.4 is 15.4 Å². The molecule has 3 rings (SSSR count). The summed E-state index contributed by atoms with van der Waals surface area (Å²) in [6, 6.07) is 17.5. The van der Waals surface area contributed by atoms with Gasteiger partial charge in [0.15, 0.2) is 0 Å². The fourth-order valence-electron chi connectivity index (χ4n) is 2.63. The molecule has 2 N–H and O–H groups in total. The first-order valence-corrected chi connectivity index (χ1v) is 9.36. The predicted octanol–water partition coefficient (Wildman–Crippen LogP) is 4.52. The van der Waals surface area contributed by atoms with Gasteiger partial charge in [-0.2, -0.15) is 4.98 Å². The van der Waals surface area contributed by atoms with Crippen molar-refractivity contribution in [2.75, 3.05) is 44.9 Å². The molecule has 0 unspecified atom stereocenters. The Kier molecular flexibility index (Phi) is 6.68. The Morgan fingerprint density at radius 1 is 1.04 bits per heavy atom. The molecule has 0 bridgehead atoms. The van der Waals surface area contributed by atoms with Crippen molar-refractivity contribution in [1.29, 1.82) is 0 Å². The van der Waals surface area contributed by atoms with E-state index in [4.69, 9.17) is 16.3 Å². The highest BCUT2D eigenvalue weighted by Crippen LogP contribution is 2.29. The normalized spacial score (nSPS) is 10.8. The molecule has 28 heavy (non-hydrogen) atoms. The van der Waals surface area contributed by atoms with Crippen LogP contribution in [0.25, 0.3) is 11.3 Å². The summed E-state index contributed by atoms with van der Waals surface area (Å²) >= 11 is 6.23. The maximum absolute atomic E-state index is 6.23. The number of methoxy groups -OCH3 is 1. The van der Waals surface area contributed by atoms with E-state index in [9.17, 15) is 0 Å². The molecule has 0 saturated carbocycles. The highest BCUT2D eigenvalue weighted by molar-refractivity contribution is 6.32. The van der Waals surface area contributed by atoms with Gasteiger partial charge in [0.2, 0.25) is 5.95 Å². The molecule has 0 aliphatic carbocycles. The minimum atomic E-state index is 0.495. The van der Waals surface area contributed by atoms with Crippen molar-refractivity contribution in [3.63, 3.8) is 0 Å². The molecule has 0 radical (unpaired) electrons. The average molecular weight is 398 g/mol. The second-order valence-electron chi connectivity index (χ2n) is 6.53. The van der Waals surface area contributed by atoms with Gasteiger partial charge in [-0.3, -0.25) is 0 Å². The SMILES string of the molecule is COc1ccc(Nc2nc(NCCN(C)C)cc(-c3ccccc3)n2)cc1Cl. The molecule has 2 aromatic carbocycles.